The van der Waals surface area contributed by atoms with Gasteiger partial charge in [0.1, 0.15) is 13.2 Å². The van der Waals surface area contributed by atoms with Gasteiger partial charge in [0, 0.05) is 19.6 Å². The van der Waals surface area contributed by atoms with Gasteiger partial charge in [-0.2, -0.15) is 0 Å². The van der Waals surface area contributed by atoms with E-state index >= 15 is 0 Å². The van der Waals surface area contributed by atoms with E-state index in [-0.39, 0.29) is 25.0 Å². The number of amides is 2. The maximum atomic E-state index is 11.2. The number of carbonyl (C=O) groups excluding carboxylic acids is 2. The Balaban J connectivity index is 2.24. The Morgan fingerprint density at radius 3 is 2.60 bits per heavy atom. The van der Waals surface area contributed by atoms with E-state index in [9.17, 15) is 9.59 Å². The van der Waals surface area contributed by atoms with Gasteiger partial charge in [0.25, 0.3) is 11.8 Å². The molecule has 15 heavy (non-hydrogen) atoms. The van der Waals surface area contributed by atoms with Crippen molar-refractivity contribution in [2.45, 2.75) is 13.0 Å². The molecule has 1 saturated heterocycles. The predicted octanol–water partition coefficient (Wildman–Crippen LogP) is -1.66. The number of aliphatic hydroxyl groups is 1. The van der Waals surface area contributed by atoms with Crippen molar-refractivity contribution < 1.29 is 19.4 Å². The maximum Gasteiger partial charge on any atom is 0.255 e. The molecule has 1 unspecified atom stereocenters. The van der Waals surface area contributed by atoms with Gasteiger partial charge in [-0.3, -0.25) is 14.5 Å². The third kappa shape index (κ3) is 3.94. The molecule has 1 fully saturated rings. The van der Waals surface area contributed by atoms with Crippen molar-refractivity contribution in [3.8, 4) is 0 Å². The number of ether oxygens (including phenoxy) is 1. The summed E-state index contributed by atoms with van der Waals surface area (Å²) in [5, 5.41) is 11.9. The fourth-order valence-corrected chi connectivity index (χ4v) is 1.27. The van der Waals surface area contributed by atoms with Crippen molar-refractivity contribution in [1.82, 2.24) is 10.2 Å². The first-order valence-corrected chi connectivity index (χ1v) is 4.91. The quantitative estimate of drug-likeness (QED) is 0.425. The summed E-state index contributed by atoms with van der Waals surface area (Å²) in [7, 11) is 0. The second-order valence-corrected chi connectivity index (χ2v) is 3.49. The second kappa shape index (κ2) is 5.79. The Bertz CT molecular complexity index is 226. The molecule has 1 heterocycles. The van der Waals surface area contributed by atoms with E-state index in [0.29, 0.717) is 19.6 Å². The molecule has 1 aliphatic heterocycles. The van der Waals surface area contributed by atoms with Crippen molar-refractivity contribution in [2.75, 3.05) is 32.8 Å². The fraction of sp³-hybridized carbons (Fsp3) is 0.778. The van der Waals surface area contributed by atoms with Crippen LogP contribution in [0, 0.1) is 0 Å². The van der Waals surface area contributed by atoms with E-state index < -0.39 is 6.10 Å². The van der Waals surface area contributed by atoms with Gasteiger partial charge in [0.15, 0.2) is 0 Å². The van der Waals surface area contributed by atoms with Gasteiger partial charge in [-0.05, 0) is 6.92 Å². The Morgan fingerprint density at radius 2 is 2.07 bits per heavy atom. The first kappa shape index (κ1) is 12.1. The van der Waals surface area contributed by atoms with Gasteiger partial charge < -0.3 is 15.2 Å². The fourth-order valence-electron chi connectivity index (χ4n) is 1.27. The summed E-state index contributed by atoms with van der Waals surface area (Å²) in [4.78, 5) is 23.7. The Morgan fingerprint density at radius 1 is 1.47 bits per heavy atom. The molecular formula is C9H16N2O4. The molecule has 6 nitrogen and oxygen atoms in total. The largest absolute Gasteiger partial charge is 0.392 e. The minimum atomic E-state index is -0.430. The summed E-state index contributed by atoms with van der Waals surface area (Å²) in [5.41, 5.74) is 0. The van der Waals surface area contributed by atoms with Crippen LogP contribution in [-0.4, -0.2) is 60.8 Å². The summed E-state index contributed by atoms with van der Waals surface area (Å²) in [5.74, 6) is -0.602. The van der Waals surface area contributed by atoms with Crippen molar-refractivity contribution in [3.05, 3.63) is 0 Å². The van der Waals surface area contributed by atoms with Crippen LogP contribution in [0.3, 0.4) is 0 Å². The zero-order valence-corrected chi connectivity index (χ0v) is 8.73. The van der Waals surface area contributed by atoms with Crippen molar-refractivity contribution in [2.24, 2.45) is 0 Å². The van der Waals surface area contributed by atoms with Crippen LogP contribution in [-0.2, 0) is 14.3 Å². The number of imide groups is 1. The minimum Gasteiger partial charge on any atom is -0.392 e. The van der Waals surface area contributed by atoms with Gasteiger partial charge >= 0.3 is 0 Å². The number of nitrogens with zero attached hydrogens (tertiary/aromatic N) is 1. The van der Waals surface area contributed by atoms with Gasteiger partial charge in [-0.1, -0.05) is 0 Å². The molecule has 2 N–H and O–H groups in total. The molecule has 1 aliphatic rings. The molecule has 2 amide bonds. The summed E-state index contributed by atoms with van der Waals surface area (Å²) in [6.07, 6.45) is -0.430. The van der Waals surface area contributed by atoms with E-state index in [1.54, 1.807) is 6.92 Å². The molecule has 86 valence electrons. The summed E-state index contributed by atoms with van der Waals surface area (Å²) < 4.78 is 4.77. The van der Waals surface area contributed by atoms with Crippen LogP contribution in [0.15, 0.2) is 0 Å². The zero-order chi connectivity index (χ0) is 11.3. The SMILES string of the molecule is CC(O)CNCCN1C(=O)COCC1=O. The lowest BCUT2D eigenvalue weighted by atomic mass is 10.3. The van der Waals surface area contributed by atoms with Crippen LogP contribution in [0.2, 0.25) is 0 Å². The van der Waals surface area contributed by atoms with Crippen LogP contribution in [0.25, 0.3) is 0 Å². The van der Waals surface area contributed by atoms with E-state index in [2.05, 4.69) is 5.32 Å². The molecule has 0 aromatic heterocycles. The van der Waals surface area contributed by atoms with E-state index in [1.165, 1.54) is 4.90 Å². The molecule has 0 aliphatic carbocycles. The average molecular weight is 216 g/mol. The lowest BCUT2D eigenvalue weighted by Gasteiger charge is -2.24. The predicted molar refractivity (Wildman–Crippen MR) is 52.1 cm³/mol. The topological polar surface area (TPSA) is 78.9 Å². The molecular weight excluding hydrogens is 200 g/mol. The number of carbonyl (C=O) groups is 2. The molecule has 0 saturated carbocycles. The lowest BCUT2D eigenvalue weighted by Crippen LogP contribution is -2.48. The zero-order valence-electron chi connectivity index (χ0n) is 8.73. The third-order valence-electron chi connectivity index (χ3n) is 2.01. The normalized spacial score (nSPS) is 19.5. The number of hydrogen-bond acceptors (Lipinski definition) is 5. The first-order valence-electron chi connectivity index (χ1n) is 4.91. The summed E-state index contributed by atoms with van der Waals surface area (Å²) in [6.45, 7) is 2.88. The minimum absolute atomic E-state index is 0.0257. The highest BCUT2D eigenvalue weighted by Crippen LogP contribution is 1.99. The number of hydrogen-bond donors (Lipinski definition) is 2. The maximum absolute atomic E-state index is 11.2. The molecule has 0 radical (unpaired) electrons. The van der Waals surface area contributed by atoms with Crippen LogP contribution >= 0.6 is 0 Å². The number of rotatable bonds is 5. The molecule has 0 bridgehead atoms. The smallest absolute Gasteiger partial charge is 0.255 e. The van der Waals surface area contributed by atoms with Gasteiger partial charge in [0.05, 0.1) is 6.10 Å². The molecule has 6 heteroatoms. The highest BCUT2D eigenvalue weighted by molar-refractivity contribution is 5.98. The van der Waals surface area contributed by atoms with Crippen LogP contribution in [0.5, 0.6) is 0 Å². The van der Waals surface area contributed by atoms with E-state index in [1.807, 2.05) is 0 Å². The molecule has 0 spiro atoms. The Hall–Kier alpha value is -0.980. The van der Waals surface area contributed by atoms with E-state index in [0.717, 1.165) is 0 Å². The number of nitrogens with one attached hydrogen (secondary N) is 1. The van der Waals surface area contributed by atoms with Crippen LogP contribution in [0.1, 0.15) is 6.92 Å². The van der Waals surface area contributed by atoms with E-state index in [4.69, 9.17) is 9.84 Å². The first-order chi connectivity index (χ1) is 7.11. The van der Waals surface area contributed by atoms with Crippen molar-refractivity contribution in [1.29, 1.82) is 0 Å². The van der Waals surface area contributed by atoms with Gasteiger partial charge in [-0.15, -0.1) is 0 Å². The summed E-state index contributed by atoms with van der Waals surface area (Å²) in [6, 6.07) is 0. The molecule has 1 atom stereocenters. The molecule has 0 aromatic rings. The van der Waals surface area contributed by atoms with Crippen LogP contribution in [0.4, 0.5) is 0 Å². The lowest BCUT2D eigenvalue weighted by molar-refractivity contribution is -0.158. The number of morpholine rings is 1. The van der Waals surface area contributed by atoms with Gasteiger partial charge in [0.2, 0.25) is 0 Å². The highest BCUT2D eigenvalue weighted by Gasteiger charge is 2.25. The Labute approximate surface area is 88.2 Å². The van der Waals surface area contributed by atoms with Crippen molar-refractivity contribution in [3.63, 3.8) is 0 Å². The standard InChI is InChI=1S/C9H16N2O4/c1-7(12)4-10-2-3-11-8(13)5-15-6-9(11)14/h7,10,12H,2-6H2,1H3. The summed E-state index contributed by atoms with van der Waals surface area (Å²) >= 11 is 0. The monoisotopic (exact) mass is 216 g/mol. The second-order valence-electron chi connectivity index (χ2n) is 3.49. The molecule has 0 aromatic carbocycles. The van der Waals surface area contributed by atoms with Crippen LogP contribution < -0.4 is 5.32 Å². The third-order valence-corrected chi connectivity index (χ3v) is 2.01. The highest BCUT2D eigenvalue weighted by atomic mass is 16.5. The van der Waals surface area contributed by atoms with Crippen molar-refractivity contribution >= 4 is 11.8 Å². The Kier molecular flexibility index (Phi) is 4.67. The molecule has 1 rings (SSSR count). The average Bonchev–Trinajstić information content (AvgIpc) is 2.15. The van der Waals surface area contributed by atoms with Gasteiger partial charge in [-0.25, -0.2) is 0 Å². The number of aliphatic hydroxyl groups excluding tert-OH is 1.